The fraction of sp³-hybridized carbons (Fsp3) is 0.500. The molecule has 0 aliphatic carbocycles. The number of sulfone groups is 1. The molecule has 20 heavy (non-hydrogen) atoms. The molecule has 0 radical (unpaired) electrons. The summed E-state index contributed by atoms with van der Waals surface area (Å²) in [5.41, 5.74) is 1.01. The molecule has 1 amide bonds. The van der Waals surface area contributed by atoms with Crippen molar-refractivity contribution in [2.45, 2.75) is 13.3 Å². The van der Waals surface area contributed by atoms with Crippen molar-refractivity contribution >= 4 is 15.7 Å². The molecule has 0 aromatic heterocycles. The number of fused-ring (bicyclic) bond motifs is 1. The van der Waals surface area contributed by atoms with Gasteiger partial charge in [0.15, 0.2) is 9.84 Å². The Bertz CT molecular complexity index is 583. The van der Waals surface area contributed by atoms with E-state index in [1.54, 1.807) is 6.92 Å². The summed E-state index contributed by atoms with van der Waals surface area (Å²) in [6, 6.07) is 7.64. The number of benzene rings is 1. The van der Waals surface area contributed by atoms with Crippen LogP contribution in [0.3, 0.4) is 0 Å². The summed E-state index contributed by atoms with van der Waals surface area (Å²) < 4.78 is 28.2. The third-order valence-electron chi connectivity index (χ3n) is 3.40. The van der Waals surface area contributed by atoms with Crippen LogP contribution in [0.4, 0.5) is 0 Å². The molecular formula is C14H19NO4S. The fourth-order valence-electron chi connectivity index (χ4n) is 2.11. The number of nitrogens with one attached hydrogen (secondary N) is 1. The normalized spacial score (nSPS) is 17.9. The van der Waals surface area contributed by atoms with Gasteiger partial charge in [0, 0.05) is 12.3 Å². The van der Waals surface area contributed by atoms with Gasteiger partial charge in [-0.3, -0.25) is 4.79 Å². The second kappa shape index (κ2) is 6.26. The SMILES string of the molecule is CCS(=O)(=O)CCNC(=O)C1COc2ccccc2C1. The first kappa shape index (κ1) is 14.8. The van der Waals surface area contributed by atoms with E-state index in [0.29, 0.717) is 13.0 Å². The van der Waals surface area contributed by atoms with E-state index in [9.17, 15) is 13.2 Å². The Labute approximate surface area is 119 Å². The monoisotopic (exact) mass is 297 g/mol. The highest BCUT2D eigenvalue weighted by molar-refractivity contribution is 7.91. The van der Waals surface area contributed by atoms with E-state index in [1.807, 2.05) is 24.3 Å². The Balaban J connectivity index is 1.86. The van der Waals surface area contributed by atoms with E-state index in [1.165, 1.54) is 0 Å². The molecule has 0 bridgehead atoms. The third-order valence-corrected chi connectivity index (χ3v) is 5.11. The van der Waals surface area contributed by atoms with Gasteiger partial charge in [-0.1, -0.05) is 25.1 Å². The van der Waals surface area contributed by atoms with E-state index in [-0.39, 0.29) is 29.9 Å². The van der Waals surface area contributed by atoms with Gasteiger partial charge < -0.3 is 10.1 Å². The topological polar surface area (TPSA) is 72.5 Å². The van der Waals surface area contributed by atoms with Crippen molar-refractivity contribution < 1.29 is 17.9 Å². The lowest BCUT2D eigenvalue weighted by atomic mass is 9.96. The molecule has 0 saturated heterocycles. The largest absolute Gasteiger partial charge is 0.492 e. The van der Waals surface area contributed by atoms with Crippen molar-refractivity contribution in [3.8, 4) is 5.75 Å². The number of para-hydroxylation sites is 1. The summed E-state index contributed by atoms with van der Waals surface area (Å²) >= 11 is 0. The summed E-state index contributed by atoms with van der Waals surface area (Å²) in [7, 11) is -3.04. The molecule has 5 nitrogen and oxygen atoms in total. The van der Waals surface area contributed by atoms with Crippen molar-refractivity contribution in [3.63, 3.8) is 0 Å². The van der Waals surface area contributed by atoms with E-state index in [2.05, 4.69) is 5.32 Å². The van der Waals surface area contributed by atoms with Crippen LogP contribution in [-0.2, 0) is 21.1 Å². The maximum Gasteiger partial charge on any atom is 0.226 e. The minimum absolute atomic E-state index is 0.0145. The summed E-state index contributed by atoms with van der Waals surface area (Å²) in [6.45, 7) is 2.10. The zero-order valence-corrected chi connectivity index (χ0v) is 12.3. The number of hydrogen-bond donors (Lipinski definition) is 1. The number of carbonyl (C=O) groups is 1. The van der Waals surface area contributed by atoms with E-state index in [0.717, 1.165) is 11.3 Å². The summed E-state index contributed by atoms with van der Waals surface area (Å²) in [6.07, 6.45) is 0.628. The molecule has 110 valence electrons. The highest BCUT2D eigenvalue weighted by Crippen LogP contribution is 2.26. The predicted molar refractivity (Wildman–Crippen MR) is 76.5 cm³/mol. The number of rotatable bonds is 5. The van der Waals surface area contributed by atoms with Crippen molar-refractivity contribution in [1.29, 1.82) is 0 Å². The standard InChI is InChI=1S/C14H19NO4S/c1-2-20(17,18)8-7-15-14(16)12-9-11-5-3-4-6-13(11)19-10-12/h3-6,12H,2,7-10H2,1H3,(H,15,16). The first-order chi connectivity index (χ1) is 9.52. The van der Waals surface area contributed by atoms with Crippen LogP contribution >= 0.6 is 0 Å². The average molecular weight is 297 g/mol. The molecule has 1 N–H and O–H groups in total. The molecule has 1 aromatic rings. The lowest BCUT2D eigenvalue weighted by Gasteiger charge is -2.24. The van der Waals surface area contributed by atoms with Crippen molar-refractivity contribution in [3.05, 3.63) is 29.8 Å². The molecule has 1 aliphatic rings. The zero-order chi connectivity index (χ0) is 14.6. The highest BCUT2D eigenvalue weighted by atomic mass is 32.2. The number of ether oxygens (including phenoxy) is 1. The molecule has 1 aliphatic heterocycles. The Morgan fingerprint density at radius 2 is 2.15 bits per heavy atom. The molecule has 0 spiro atoms. The predicted octanol–water partition coefficient (Wildman–Crippen LogP) is 0.789. The van der Waals surface area contributed by atoms with Gasteiger partial charge >= 0.3 is 0 Å². The molecule has 1 heterocycles. The number of hydrogen-bond acceptors (Lipinski definition) is 4. The minimum atomic E-state index is -3.04. The molecule has 0 fully saturated rings. The van der Waals surface area contributed by atoms with Gasteiger partial charge in [0.25, 0.3) is 0 Å². The first-order valence-electron chi connectivity index (χ1n) is 6.70. The molecule has 1 aromatic carbocycles. The molecule has 2 rings (SSSR count). The van der Waals surface area contributed by atoms with Crippen LogP contribution in [-0.4, -0.2) is 39.0 Å². The van der Waals surface area contributed by atoms with Gasteiger partial charge in [0.2, 0.25) is 5.91 Å². The van der Waals surface area contributed by atoms with Gasteiger partial charge in [0.1, 0.15) is 12.4 Å². The highest BCUT2D eigenvalue weighted by Gasteiger charge is 2.25. The van der Waals surface area contributed by atoms with Crippen LogP contribution in [0.15, 0.2) is 24.3 Å². The molecule has 6 heteroatoms. The second-order valence-corrected chi connectivity index (χ2v) is 7.32. The lowest BCUT2D eigenvalue weighted by Crippen LogP contribution is -2.39. The van der Waals surface area contributed by atoms with E-state index in [4.69, 9.17) is 4.74 Å². The average Bonchev–Trinajstić information content (AvgIpc) is 2.46. The Kier molecular flexibility index (Phi) is 4.65. The maximum atomic E-state index is 12.0. The first-order valence-corrected chi connectivity index (χ1v) is 8.53. The molecule has 1 unspecified atom stereocenters. The Hall–Kier alpha value is -1.56. The third kappa shape index (κ3) is 3.72. The second-order valence-electron chi connectivity index (χ2n) is 4.85. The lowest BCUT2D eigenvalue weighted by molar-refractivity contribution is -0.126. The van der Waals surface area contributed by atoms with Crippen molar-refractivity contribution in [2.24, 2.45) is 5.92 Å². The van der Waals surface area contributed by atoms with Crippen LogP contribution < -0.4 is 10.1 Å². The van der Waals surface area contributed by atoms with Crippen LogP contribution in [0.5, 0.6) is 5.75 Å². The number of amides is 1. The van der Waals surface area contributed by atoms with Gasteiger partial charge in [-0.25, -0.2) is 8.42 Å². The van der Waals surface area contributed by atoms with Crippen LogP contribution in [0.25, 0.3) is 0 Å². The summed E-state index contributed by atoms with van der Waals surface area (Å²) in [5, 5.41) is 2.68. The van der Waals surface area contributed by atoms with E-state index < -0.39 is 9.84 Å². The van der Waals surface area contributed by atoms with Gasteiger partial charge in [-0.2, -0.15) is 0 Å². The number of carbonyl (C=O) groups excluding carboxylic acids is 1. The van der Waals surface area contributed by atoms with E-state index >= 15 is 0 Å². The minimum Gasteiger partial charge on any atom is -0.492 e. The van der Waals surface area contributed by atoms with Gasteiger partial charge in [0.05, 0.1) is 11.7 Å². The zero-order valence-electron chi connectivity index (χ0n) is 11.5. The van der Waals surface area contributed by atoms with Crippen LogP contribution in [0, 0.1) is 5.92 Å². The van der Waals surface area contributed by atoms with Crippen LogP contribution in [0.2, 0.25) is 0 Å². The smallest absolute Gasteiger partial charge is 0.226 e. The Morgan fingerprint density at radius 3 is 2.90 bits per heavy atom. The quantitative estimate of drug-likeness (QED) is 0.872. The van der Waals surface area contributed by atoms with Gasteiger partial charge in [-0.15, -0.1) is 0 Å². The molecule has 0 saturated carbocycles. The summed E-state index contributed by atoms with van der Waals surface area (Å²) in [4.78, 5) is 12.0. The Morgan fingerprint density at radius 1 is 1.40 bits per heavy atom. The molecule has 1 atom stereocenters. The van der Waals surface area contributed by atoms with Crippen LogP contribution in [0.1, 0.15) is 12.5 Å². The maximum absolute atomic E-state index is 12.0. The summed E-state index contributed by atoms with van der Waals surface area (Å²) in [5.74, 6) is 0.507. The van der Waals surface area contributed by atoms with Crippen molar-refractivity contribution in [2.75, 3.05) is 24.7 Å². The van der Waals surface area contributed by atoms with Gasteiger partial charge in [-0.05, 0) is 18.1 Å². The fourth-order valence-corrected chi connectivity index (χ4v) is 2.82. The molecular weight excluding hydrogens is 278 g/mol. The van der Waals surface area contributed by atoms with Crippen molar-refractivity contribution in [1.82, 2.24) is 5.32 Å².